The highest BCUT2D eigenvalue weighted by Crippen LogP contribution is 2.19. The van der Waals surface area contributed by atoms with Crippen molar-refractivity contribution < 1.29 is 4.79 Å². The summed E-state index contributed by atoms with van der Waals surface area (Å²) in [6, 6.07) is 11.6. The van der Waals surface area contributed by atoms with Crippen LogP contribution in [0.25, 0.3) is 11.1 Å². The molecule has 6 nitrogen and oxygen atoms in total. The van der Waals surface area contributed by atoms with Gasteiger partial charge in [-0.3, -0.25) is 15.3 Å². The molecule has 0 aliphatic carbocycles. The summed E-state index contributed by atoms with van der Waals surface area (Å²) in [5.41, 5.74) is 3.18. The summed E-state index contributed by atoms with van der Waals surface area (Å²) < 4.78 is 0. The van der Waals surface area contributed by atoms with E-state index in [1.807, 2.05) is 36.4 Å². The lowest BCUT2D eigenvalue weighted by molar-refractivity contribution is 0.251. The Kier molecular flexibility index (Phi) is 4.54. The number of hydrogen-bond donors (Lipinski definition) is 2. The van der Waals surface area contributed by atoms with Crippen LogP contribution in [0.2, 0.25) is 0 Å². The fraction of sp³-hybridized carbons (Fsp3) is 0.0588. The Labute approximate surface area is 133 Å². The normalized spacial score (nSPS) is 10.1. The second-order valence-corrected chi connectivity index (χ2v) is 4.83. The van der Waals surface area contributed by atoms with Gasteiger partial charge in [0.15, 0.2) is 5.82 Å². The number of nitrogens with one attached hydrogen (secondary N) is 2. The molecule has 0 fully saturated rings. The van der Waals surface area contributed by atoms with Gasteiger partial charge in [0.05, 0.1) is 6.20 Å². The smallest absolute Gasteiger partial charge is 0.320 e. The average molecular weight is 305 g/mol. The average Bonchev–Trinajstić information content (AvgIpc) is 2.62. The molecule has 2 heterocycles. The third kappa shape index (κ3) is 4.10. The molecule has 2 aromatic heterocycles. The summed E-state index contributed by atoms with van der Waals surface area (Å²) in [4.78, 5) is 23.7. The lowest BCUT2D eigenvalue weighted by atomic mass is 10.0. The van der Waals surface area contributed by atoms with E-state index in [2.05, 4.69) is 25.6 Å². The van der Waals surface area contributed by atoms with E-state index in [1.54, 1.807) is 18.6 Å². The van der Waals surface area contributed by atoms with Gasteiger partial charge in [-0.1, -0.05) is 18.2 Å². The molecule has 0 aliphatic heterocycles. The minimum atomic E-state index is -0.320. The first-order valence-corrected chi connectivity index (χ1v) is 7.11. The SMILES string of the molecule is O=C(NCc1cccc(-c2ccncc2)c1)Nc1cnccn1. The molecule has 3 aromatic rings. The van der Waals surface area contributed by atoms with Crippen LogP contribution in [0, 0.1) is 0 Å². The van der Waals surface area contributed by atoms with Crippen molar-refractivity contribution in [1.29, 1.82) is 0 Å². The van der Waals surface area contributed by atoms with Gasteiger partial charge in [-0.25, -0.2) is 9.78 Å². The number of carbonyl (C=O) groups excluding carboxylic acids is 1. The largest absolute Gasteiger partial charge is 0.334 e. The molecule has 2 amide bonds. The molecule has 0 saturated heterocycles. The highest BCUT2D eigenvalue weighted by atomic mass is 16.2. The Bertz CT molecular complexity index is 777. The molecule has 3 rings (SSSR count). The first-order valence-electron chi connectivity index (χ1n) is 7.11. The van der Waals surface area contributed by atoms with Crippen LogP contribution in [-0.2, 0) is 6.54 Å². The van der Waals surface area contributed by atoms with Gasteiger partial charge in [0.25, 0.3) is 0 Å². The zero-order chi connectivity index (χ0) is 15.9. The van der Waals surface area contributed by atoms with E-state index in [9.17, 15) is 4.79 Å². The summed E-state index contributed by atoms with van der Waals surface area (Å²) >= 11 is 0. The topological polar surface area (TPSA) is 79.8 Å². The standard InChI is InChI=1S/C17H15N5O/c23-17(22-16-12-19-8-9-20-16)21-11-13-2-1-3-15(10-13)14-4-6-18-7-5-14/h1-10,12H,11H2,(H2,20,21,22,23). The van der Waals surface area contributed by atoms with Crippen molar-refractivity contribution in [2.45, 2.75) is 6.54 Å². The van der Waals surface area contributed by atoms with Crippen molar-refractivity contribution in [3.8, 4) is 11.1 Å². The van der Waals surface area contributed by atoms with Gasteiger partial charge in [-0.2, -0.15) is 0 Å². The molecule has 23 heavy (non-hydrogen) atoms. The molecule has 114 valence electrons. The fourth-order valence-corrected chi connectivity index (χ4v) is 2.11. The molecule has 0 saturated carbocycles. The molecule has 0 spiro atoms. The number of aromatic nitrogens is 3. The lowest BCUT2D eigenvalue weighted by Crippen LogP contribution is -2.28. The number of urea groups is 1. The molecular formula is C17H15N5O. The Morgan fingerprint density at radius 3 is 2.61 bits per heavy atom. The number of carbonyl (C=O) groups is 1. The third-order valence-electron chi connectivity index (χ3n) is 3.20. The van der Waals surface area contributed by atoms with Crippen molar-refractivity contribution in [2.75, 3.05) is 5.32 Å². The molecular weight excluding hydrogens is 290 g/mol. The predicted octanol–water partition coefficient (Wildman–Crippen LogP) is 2.86. The second-order valence-electron chi connectivity index (χ2n) is 4.83. The predicted molar refractivity (Wildman–Crippen MR) is 87.6 cm³/mol. The van der Waals surface area contributed by atoms with Crippen LogP contribution in [0.15, 0.2) is 67.4 Å². The monoisotopic (exact) mass is 305 g/mol. The van der Waals surface area contributed by atoms with E-state index in [0.717, 1.165) is 16.7 Å². The number of nitrogens with zero attached hydrogens (tertiary/aromatic N) is 3. The van der Waals surface area contributed by atoms with Gasteiger partial charge in [0.2, 0.25) is 0 Å². The Morgan fingerprint density at radius 2 is 1.83 bits per heavy atom. The number of benzene rings is 1. The molecule has 2 N–H and O–H groups in total. The maximum Gasteiger partial charge on any atom is 0.320 e. The van der Waals surface area contributed by atoms with Crippen LogP contribution < -0.4 is 10.6 Å². The minimum absolute atomic E-state index is 0.320. The molecule has 0 atom stereocenters. The number of pyridine rings is 1. The quantitative estimate of drug-likeness (QED) is 0.776. The van der Waals surface area contributed by atoms with Crippen molar-refractivity contribution in [1.82, 2.24) is 20.3 Å². The van der Waals surface area contributed by atoms with E-state index >= 15 is 0 Å². The van der Waals surface area contributed by atoms with Gasteiger partial charge < -0.3 is 5.32 Å². The zero-order valence-corrected chi connectivity index (χ0v) is 12.3. The summed E-state index contributed by atoms with van der Waals surface area (Å²) in [6.45, 7) is 0.422. The van der Waals surface area contributed by atoms with E-state index < -0.39 is 0 Å². The van der Waals surface area contributed by atoms with E-state index in [-0.39, 0.29) is 6.03 Å². The van der Waals surface area contributed by atoms with Crippen LogP contribution in [-0.4, -0.2) is 21.0 Å². The first-order chi connectivity index (χ1) is 11.3. The highest BCUT2D eigenvalue weighted by Gasteiger charge is 2.03. The van der Waals surface area contributed by atoms with Gasteiger partial charge in [-0.15, -0.1) is 0 Å². The molecule has 0 aliphatic rings. The number of anilines is 1. The molecule has 1 aromatic carbocycles. The first kappa shape index (κ1) is 14.6. The lowest BCUT2D eigenvalue weighted by Gasteiger charge is -2.08. The molecule has 0 bridgehead atoms. The summed E-state index contributed by atoms with van der Waals surface area (Å²) in [5.74, 6) is 0.413. The van der Waals surface area contributed by atoms with E-state index in [1.165, 1.54) is 12.4 Å². The third-order valence-corrected chi connectivity index (χ3v) is 3.20. The minimum Gasteiger partial charge on any atom is -0.334 e. The van der Waals surface area contributed by atoms with Crippen LogP contribution in [0.3, 0.4) is 0 Å². The highest BCUT2D eigenvalue weighted by molar-refractivity contribution is 5.87. The van der Waals surface area contributed by atoms with Crippen molar-refractivity contribution in [2.24, 2.45) is 0 Å². The molecule has 0 radical (unpaired) electrons. The van der Waals surface area contributed by atoms with Crippen LogP contribution >= 0.6 is 0 Å². The number of amides is 2. The van der Waals surface area contributed by atoms with Crippen LogP contribution in [0.1, 0.15) is 5.56 Å². The van der Waals surface area contributed by atoms with E-state index in [0.29, 0.717) is 12.4 Å². The van der Waals surface area contributed by atoms with Crippen LogP contribution in [0.5, 0.6) is 0 Å². The summed E-state index contributed by atoms with van der Waals surface area (Å²) in [5, 5.41) is 5.42. The Morgan fingerprint density at radius 1 is 0.957 bits per heavy atom. The van der Waals surface area contributed by atoms with E-state index in [4.69, 9.17) is 0 Å². The van der Waals surface area contributed by atoms with Gasteiger partial charge in [0.1, 0.15) is 0 Å². The maximum atomic E-state index is 11.8. The van der Waals surface area contributed by atoms with Gasteiger partial charge in [-0.05, 0) is 34.9 Å². The van der Waals surface area contributed by atoms with Crippen molar-refractivity contribution >= 4 is 11.8 Å². The van der Waals surface area contributed by atoms with Crippen molar-refractivity contribution in [3.63, 3.8) is 0 Å². The summed E-state index contributed by atoms with van der Waals surface area (Å²) in [6.07, 6.45) is 8.08. The Hall–Kier alpha value is -3.28. The summed E-state index contributed by atoms with van der Waals surface area (Å²) in [7, 11) is 0. The van der Waals surface area contributed by atoms with Crippen molar-refractivity contribution in [3.05, 3.63) is 72.9 Å². The molecule has 6 heteroatoms. The Balaban J connectivity index is 1.61. The maximum absolute atomic E-state index is 11.8. The van der Waals surface area contributed by atoms with Gasteiger partial charge >= 0.3 is 6.03 Å². The number of rotatable bonds is 4. The van der Waals surface area contributed by atoms with Crippen LogP contribution in [0.4, 0.5) is 10.6 Å². The molecule has 0 unspecified atom stereocenters. The second kappa shape index (κ2) is 7.13. The fourth-order valence-electron chi connectivity index (χ4n) is 2.11. The zero-order valence-electron chi connectivity index (χ0n) is 12.3. The number of hydrogen-bond acceptors (Lipinski definition) is 4. The van der Waals surface area contributed by atoms with Gasteiger partial charge in [0, 0.05) is 31.3 Å².